The second-order valence-corrected chi connectivity index (χ2v) is 3.52. The van der Waals surface area contributed by atoms with E-state index in [0.717, 1.165) is 12.0 Å². The third kappa shape index (κ3) is 2.34. The molecule has 0 aliphatic carbocycles. The van der Waals surface area contributed by atoms with E-state index in [9.17, 15) is 4.79 Å². The molecule has 1 rings (SSSR count). The second kappa shape index (κ2) is 5.53. The van der Waals surface area contributed by atoms with Gasteiger partial charge in [-0.15, -0.1) is 11.6 Å². The van der Waals surface area contributed by atoms with Gasteiger partial charge in [-0.2, -0.15) is 5.26 Å². The number of nitriles is 1. The smallest absolute Gasteiger partial charge is 0.338 e. The van der Waals surface area contributed by atoms with E-state index in [1.165, 1.54) is 7.11 Å². The minimum Gasteiger partial charge on any atom is -0.465 e. The molecule has 0 amide bonds. The summed E-state index contributed by atoms with van der Waals surface area (Å²) >= 11 is 5.77. The Morgan fingerprint density at radius 2 is 2.19 bits per heavy atom. The van der Waals surface area contributed by atoms with E-state index in [2.05, 4.69) is 10.8 Å². The summed E-state index contributed by atoms with van der Waals surface area (Å²) < 4.78 is 4.64. The van der Waals surface area contributed by atoms with Crippen LogP contribution in [0.2, 0.25) is 0 Å². The maximum Gasteiger partial charge on any atom is 0.338 e. The maximum absolute atomic E-state index is 11.5. The fraction of sp³-hybridized carbons (Fsp3) is 0.333. The zero-order chi connectivity index (χ0) is 12.1. The van der Waals surface area contributed by atoms with E-state index in [-0.39, 0.29) is 5.88 Å². The summed E-state index contributed by atoms with van der Waals surface area (Å²) in [6.07, 6.45) is 0.730. The van der Waals surface area contributed by atoms with Gasteiger partial charge in [0, 0.05) is 5.88 Å². The number of carbonyl (C=O) groups is 1. The first-order valence-electron chi connectivity index (χ1n) is 4.88. The molecule has 0 saturated carbocycles. The molecular formula is C12H12ClNO2. The average molecular weight is 238 g/mol. The van der Waals surface area contributed by atoms with Crippen LogP contribution in [0.5, 0.6) is 0 Å². The molecule has 0 aromatic heterocycles. The van der Waals surface area contributed by atoms with Crippen LogP contribution in [0.1, 0.15) is 34.0 Å². The summed E-state index contributed by atoms with van der Waals surface area (Å²) in [7, 11) is 1.31. The van der Waals surface area contributed by atoms with Crippen molar-refractivity contribution >= 4 is 17.6 Å². The molecule has 0 unspecified atom stereocenters. The van der Waals surface area contributed by atoms with Crippen molar-refractivity contribution in [2.24, 2.45) is 0 Å². The molecule has 3 nitrogen and oxygen atoms in total. The van der Waals surface area contributed by atoms with Crippen LogP contribution in [0.15, 0.2) is 12.1 Å². The van der Waals surface area contributed by atoms with Gasteiger partial charge in [-0.05, 0) is 23.6 Å². The quantitative estimate of drug-likeness (QED) is 0.600. The molecule has 0 bridgehead atoms. The van der Waals surface area contributed by atoms with Crippen molar-refractivity contribution in [3.63, 3.8) is 0 Å². The number of hydrogen-bond acceptors (Lipinski definition) is 3. The molecule has 0 atom stereocenters. The molecule has 84 valence electrons. The van der Waals surface area contributed by atoms with Gasteiger partial charge in [-0.3, -0.25) is 0 Å². The van der Waals surface area contributed by atoms with Crippen molar-refractivity contribution in [2.75, 3.05) is 7.11 Å². The van der Waals surface area contributed by atoms with E-state index in [0.29, 0.717) is 16.7 Å². The third-order valence-corrected chi connectivity index (χ3v) is 2.67. The minimum atomic E-state index is -0.463. The molecular weight excluding hydrogens is 226 g/mol. The van der Waals surface area contributed by atoms with Crippen molar-refractivity contribution in [3.05, 3.63) is 34.4 Å². The van der Waals surface area contributed by atoms with Crippen molar-refractivity contribution in [3.8, 4) is 6.07 Å². The van der Waals surface area contributed by atoms with Crippen LogP contribution >= 0.6 is 11.6 Å². The Balaban J connectivity index is 3.38. The standard InChI is InChI=1S/C12H12ClNO2/c1-3-8-4-9(6-13)11(12(15)16-2)5-10(8)7-14/h4-5H,3,6H2,1-2H3. The highest BCUT2D eigenvalue weighted by Gasteiger charge is 2.14. The molecule has 1 aromatic rings. The van der Waals surface area contributed by atoms with Gasteiger partial charge in [0.05, 0.1) is 24.3 Å². The van der Waals surface area contributed by atoms with Crippen molar-refractivity contribution < 1.29 is 9.53 Å². The fourth-order valence-electron chi connectivity index (χ4n) is 1.50. The predicted molar refractivity (Wildman–Crippen MR) is 61.4 cm³/mol. The minimum absolute atomic E-state index is 0.225. The van der Waals surface area contributed by atoms with Gasteiger partial charge in [-0.25, -0.2) is 4.79 Å². The molecule has 1 aromatic carbocycles. The van der Waals surface area contributed by atoms with Gasteiger partial charge in [0.1, 0.15) is 0 Å². The number of hydrogen-bond donors (Lipinski definition) is 0. The number of esters is 1. The number of aryl methyl sites for hydroxylation is 1. The summed E-state index contributed by atoms with van der Waals surface area (Å²) in [5.41, 5.74) is 2.46. The highest BCUT2D eigenvalue weighted by atomic mass is 35.5. The first kappa shape index (κ1) is 12.5. The first-order valence-corrected chi connectivity index (χ1v) is 5.41. The second-order valence-electron chi connectivity index (χ2n) is 3.26. The van der Waals surface area contributed by atoms with Crippen LogP contribution in [-0.4, -0.2) is 13.1 Å². The number of nitrogens with zero attached hydrogens (tertiary/aromatic N) is 1. The van der Waals surface area contributed by atoms with Gasteiger partial charge in [0.15, 0.2) is 0 Å². The average Bonchev–Trinajstić information content (AvgIpc) is 2.35. The summed E-state index contributed by atoms with van der Waals surface area (Å²) in [6, 6.07) is 5.40. The molecule has 0 radical (unpaired) electrons. The molecule has 0 aliphatic heterocycles. The van der Waals surface area contributed by atoms with Crippen molar-refractivity contribution in [1.82, 2.24) is 0 Å². The fourth-order valence-corrected chi connectivity index (χ4v) is 1.72. The third-order valence-electron chi connectivity index (χ3n) is 2.38. The van der Waals surface area contributed by atoms with E-state index in [4.69, 9.17) is 16.9 Å². The maximum atomic E-state index is 11.5. The van der Waals surface area contributed by atoms with Gasteiger partial charge in [-0.1, -0.05) is 13.0 Å². The number of ether oxygens (including phenoxy) is 1. The van der Waals surface area contributed by atoms with Crippen LogP contribution in [0.4, 0.5) is 0 Å². The number of rotatable bonds is 3. The van der Waals surface area contributed by atoms with Crippen LogP contribution in [-0.2, 0) is 17.0 Å². The Kier molecular flexibility index (Phi) is 4.33. The van der Waals surface area contributed by atoms with E-state index >= 15 is 0 Å². The number of halogens is 1. The largest absolute Gasteiger partial charge is 0.465 e. The SMILES string of the molecule is CCc1cc(CCl)c(C(=O)OC)cc1C#N. The van der Waals surface area contributed by atoms with Gasteiger partial charge >= 0.3 is 5.97 Å². The lowest BCUT2D eigenvalue weighted by molar-refractivity contribution is 0.0599. The number of benzene rings is 1. The Morgan fingerprint density at radius 3 is 2.62 bits per heavy atom. The molecule has 0 N–H and O–H groups in total. The predicted octanol–water partition coefficient (Wildman–Crippen LogP) is 2.65. The topological polar surface area (TPSA) is 50.1 Å². The Labute approximate surface area is 99.6 Å². The van der Waals surface area contributed by atoms with Crippen LogP contribution in [0.25, 0.3) is 0 Å². The molecule has 0 heterocycles. The Hall–Kier alpha value is -1.53. The van der Waals surface area contributed by atoms with Crippen LogP contribution < -0.4 is 0 Å². The zero-order valence-electron chi connectivity index (χ0n) is 9.21. The van der Waals surface area contributed by atoms with Crippen molar-refractivity contribution in [2.45, 2.75) is 19.2 Å². The number of carbonyl (C=O) groups excluding carboxylic acids is 1. The summed E-state index contributed by atoms with van der Waals surface area (Å²) in [4.78, 5) is 11.5. The summed E-state index contributed by atoms with van der Waals surface area (Å²) in [5.74, 6) is -0.238. The van der Waals surface area contributed by atoms with Gasteiger partial charge in [0.25, 0.3) is 0 Å². The van der Waals surface area contributed by atoms with Crippen LogP contribution in [0, 0.1) is 11.3 Å². The molecule has 0 fully saturated rings. The highest BCUT2D eigenvalue weighted by molar-refractivity contribution is 6.17. The molecule has 16 heavy (non-hydrogen) atoms. The molecule has 0 spiro atoms. The summed E-state index contributed by atoms with van der Waals surface area (Å²) in [5, 5.41) is 8.96. The lowest BCUT2D eigenvalue weighted by atomic mass is 9.98. The van der Waals surface area contributed by atoms with Crippen molar-refractivity contribution in [1.29, 1.82) is 5.26 Å². The molecule has 0 aliphatic rings. The number of methoxy groups -OCH3 is 1. The Morgan fingerprint density at radius 1 is 1.50 bits per heavy atom. The highest BCUT2D eigenvalue weighted by Crippen LogP contribution is 2.20. The Bertz CT molecular complexity index is 449. The normalized spacial score (nSPS) is 9.62. The van der Waals surface area contributed by atoms with E-state index in [1.807, 2.05) is 6.92 Å². The molecule has 0 saturated heterocycles. The summed E-state index contributed by atoms with van der Waals surface area (Å²) in [6.45, 7) is 1.95. The van der Waals surface area contributed by atoms with Gasteiger partial charge in [0.2, 0.25) is 0 Å². The van der Waals surface area contributed by atoms with E-state index in [1.54, 1.807) is 12.1 Å². The monoisotopic (exact) mass is 237 g/mol. The zero-order valence-corrected chi connectivity index (χ0v) is 9.97. The van der Waals surface area contributed by atoms with Crippen LogP contribution in [0.3, 0.4) is 0 Å². The molecule has 4 heteroatoms. The first-order chi connectivity index (χ1) is 7.67. The van der Waals surface area contributed by atoms with Gasteiger partial charge < -0.3 is 4.74 Å². The van der Waals surface area contributed by atoms with E-state index < -0.39 is 5.97 Å². The lowest BCUT2D eigenvalue weighted by Gasteiger charge is -2.09. The number of alkyl halides is 1. The lowest BCUT2D eigenvalue weighted by Crippen LogP contribution is -2.07.